The summed E-state index contributed by atoms with van der Waals surface area (Å²) in [5.41, 5.74) is 1.13. The van der Waals surface area contributed by atoms with E-state index in [-0.39, 0.29) is 5.60 Å². The van der Waals surface area contributed by atoms with Crippen LogP contribution in [0.3, 0.4) is 0 Å². The van der Waals surface area contributed by atoms with E-state index in [1.54, 1.807) is 0 Å². The van der Waals surface area contributed by atoms with Crippen LogP contribution in [0.4, 0.5) is 0 Å². The lowest BCUT2D eigenvalue weighted by Crippen LogP contribution is -2.41. The van der Waals surface area contributed by atoms with Gasteiger partial charge in [0.25, 0.3) is 0 Å². The maximum absolute atomic E-state index is 6.00. The number of rotatable bonds is 3. The number of fused-ring (bicyclic) bond motifs is 1. The van der Waals surface area contributed by atoms with Crippen molar-refractivity contribution in [2.75, 3.05) is 0 Å². The summed E-state index contributed by atoms with van der Waals surface area (Å²) >= 11 is 0. The van der Waals surface area contributed by atoms with Crippen molar-refractivity contribution >= 4 is 0 Å². The monoisotopic (exact) mass is 231 g/mol. The molecule has 1 aliphatic rings. The number of nitrogens with one attached hydrogen (secondary N) is 1. The molecule has 1 aromatic carbocycles. The van der Waals surface area contributed by atoms with E-state index in [0.29, 0.717) is 12.1 Å². The summed E-state index contributed by atoms with van der Waals surface area (Å²) in [6.45, 7) is 10.2. The lowest BCUT2D eigenvalue weighted by Gasteiger charge is -2.38. The first-order chi connectivity index (χ1) is 8.02. The van der Waals surface area contributed by atoms with E-state index >= 15 is 0 Å². The standard InChI is InChI=1S/C15H21NO/c1-5-11(2)16-13-10-15(3,4)17-14-9-7-6-8-12(13)14/h5-9,11,13,16H,1,10H2,2-4H3. The number of ether oxygens (including phenoxy) is 1. The van der Waals surface area contributed by atoms with Gasteiger partial charge in [-0.05, 0) is 26.8 Å². The minimum atomic E-state index is -0.118. The SMILES string of the molecule is C=CC(C)NC1CC(C)(C)Oc2ccccc21. The number of hydrogen-bond acceptors (Lipinski definition) is 2. The summed E-state index contributed by atoms with van der Waals surface area (Å²) in [5, 5.41) is 3.58. The summed E-state index contributed by atoms with van der Waals surface area (Å²) in [6, 6.07) is 8.91. The highest BCUT2D eigenvalue weighted by Crippen LogP contribution is 2.39. The molecule has 0 bridgehead atoms. The second-order valence-electron chi connectivity index (χ2n) is 5.35. The van der Waals surface area contributed by atoms with Crippen molar-refractivity contribution < 1.29 is 4.74 Å². The first kappa shape index (κ1) is 12.2. The van der Waals surface area contributed by atoms with Crippen molar-refractivity contribution in [1.29, 1.82) is 0 Å². The minimum Gasteiger partial charge on any atom is -0.487 e. The van der Waals surface area contributed by atoms with Gasteiger partial charge in [0.1, 0.15) is 11.4 Å². The number of benzene rings is 1. The van der Waals surface area contributed by atoms with Crippen LogP contribution in [0.25, 0.3) is 0 Å². The molecule has 2 atom stereocenters. The lowest BCUT2D eigenvalue weighted by molar-refractivity contribution is 0.0651. The molecule has 1 N–H and O–H groups in total. The zero-order valence-electron chi connectivity index (χ0n) is 10.9. The average Bonchev–Trinajstić information content (AvgIpc) is 2.27. The Morgan fingerprint density at radius 3 is 2.88 bits per heavy atom. The molecule has 0 radical (unpaired) electrons. The maximum atomic E-state index is 6.00. The second kappa shape index (κ2) is 4.53. The van der Waals surface area contributed by atoms with Crippen molar-refractivity contribution in [3.8, 4) is 5.75 Å². The predicted molar refractivity (Wildman–Crippen MR) is 71.3 cm³/mol. The van der Waals surface area contributed by atoms with Crippen molar-refractivity contribution in [2.24, 2.45) is 0 Å². The number of para-hydroxylation sites is 1. The molecule has 2 rings (SSSR count). The van der Waals surface area contributed by atoms with Crippen LogP contribution < -0.4 is 10.1 Å². The van der Waals surface area contributed by atoms with Crippen LogP contribution in [0.5, 0.6) is 5.75 Å². The topological polar surface area (TPSA) is 21.3 Å². The van der Waals surface area contributed by atoms with E-state index in [0.717, 1.165) is 12.2 Å². The third-order valence-corrected chi connectivity index (χ3v) is 3.19. The van der Waals surface area contributed by atoms with E-state index in [4.69, 9.17) is 4.74 Å². The fourth-order valence-corrected chi connectivity index (χ4v) is 2.34. The van der Waals surface area contributed by atoms with Gasteiger partial charge in [-0.3, -0.25) is 0 Å². The van der Waals surface area contributed by atoms with Crippen molar-refractivity contribution in [3.05, 3.63) is 42.5 Å². The van der Waals surface area contributed by atoms with E-state index < -0.39 is 0 Å². The van der Waals surface area contributed by atoms with Crippen LogP contribution in [-0.2, 0) is 0 Å². The molecule has 0 aliphatic carbocycles. The summed E-state index contributed by atoms with van der Waals surface area (Å²) in [4.78, 5) is 0. The molecule has 0 aromatic heterocycles. The highest BCUT2D eigenvalue weighted by Gasteiger charge is 2.33. The third-order valence-electron chi connectivity index (χ3n) is 3.19. The molecule has 0 spiro atoms. The predicted octanol–water partition coefficient (Wildman–Crippen LogP) is 3.45. The molecule has 0 saturated carbocycles. The molecule has 0 fully saturated rings. The van der Waals surface area contributed by atoms with Gasteiger partial charge in [-0.15, -0.1) is 6.58 Å². The maximum Gasteiger partial charge on any atom is 0.124 e. The first-order valence-corrected chi connectivity index (χ1v) is 6.18. The molecular formula is C15H21NO. The lowest BCUT2D eigenvalue weighted by atomic mass is 9.89. The van der Waals surface area contributed by atoms with Crippen molar-refractivity contribution in [1.82, 2.24) is 5.32 Å². The van der Waals surface area contributed by atoms with Crippen LogP contribution in [0.1, 0.15) is 38.8 Å². The van der Waals surface area contributed by atoms with E-state index in [2.05, 4.69) is 44.8 Å². The van der Waals surface area contributed by atoms with Gasteiger partial charge in [0, 0.05) is 24.1 Å². The van der Waals surface area contributed by atoms with Crippen LogP contribution in [-0.4, -0.2) is 11.6 Å². The minimum absolute atomic E-state index is 0.118. The third kappa shape index (κ3) is 2.70. The molecule has 2 unspecified atom stereocenters. The highest BCUT2D eigenvalue weighted by atomic mass is 16.5. The van der Waals surface area contributed by atoms with Crippen LogP contribution >= 0.6 is 0 Å². The summed E-state index contributed by atoms with van der Waals surface area (Å²) in [6.07, 6.45) is 2.91. The fraction of sp³-hybridized carbons (Fsp3) is 0.467. The molecule has 2 nitrogen and oxygen atoms in total. The summed E-state index contributed by atoms with van der Waals surface area (Å²) in [7, 11) is 0. The van der Waals surface area contributed by atoms with Crippen LogP contribution in [0, 0.1) is 0 Å². The van der Waals surface area contributed by atoms with Gasteiger partial charge in [0.15, 0.2) is 0 Å². The Bertz CT molecular complexity index is 411. The highest BCUT2D eigenvalue weighted by molar-refractivity contribution is 5.38. The van der Waals surface area contributed by atoms with E-state index in [1.807, 2.05) is 18.2 Å². The Hall–Kier alpha value is -1.28. The van der Waals surface area contributed by atoms with Crippen molar-refractivity contribution in [3.63, 3.8) is 0 Å². The first-order valence-electron chi connectivity index (χ1n) is 6.18. The molecule has 0 saturated heterocycles. The zero-order chi connectivity index (χ0) is 12.5. The van der Waals surface area contributed by atoms with Gasteiger partial charge < -0.3 is 10.1 Å². The van der Waals surface area contributed by atoms with Gasteiger partial charge in [-0.2, -0.15) is 0 Å². The molecule has 1 aromatic rings. The molecular weight excluding hydrogens is 210 g/mol. The van der Waals surface area contributed by atoms with Gasteiger partial charge in [-0.25, -0.2) is 0 Å². The summed E-state index contributed by atoms with van der Waals surface area (Å²) < 4.78 is 6.00. The molecule has 92 valence electrons. The Balaban J connectivity index is 2.29. The molecule has 0 amide bonds. The molecule has 17 heavy (non-hydrogen) atoms. The van der Waals surface area contributed by atoms with Crippen LogP contribution in [0.15, 0.2) is 36.9 Å². The van der Waals surface area contributed by atoms with E-state index in [9.17, 15) is 0 Å². The van der Waals surface area contributed by atoms with Gasteiger partial charge >= 0.3 is 0 Å². The summed E-state index contributed by atoms with van der Waals surface area (Å²) in [5.74, 6) is 0.998. The Kier molecular flexibility index (Phi) is 3.25. The Labute approximate surface area is 104 Å². The average molecular weight is 231 g/mol. The van der Waals surface area contributed by atoms with Crippen LogP contribution in [0.2, 0.25) is 0 Å². The van der Waals surface area contributed by atoms with Gasteiger partial charge in [0.05, 0.1) is 0 Å². The van der Waals surface area contributed by atoms with E-state index in [1.165, 1.54) is 5.56 Å². The Morgan fingerprint density at radius 1 is 1.47 bits per heavy atom. The number of hydrogen-bond donors (Lipinski definition) is 1. The second-order valence-corrected chi connectivity index (χ2v) is 5.35. The fourth-order valence-electron chi connectivity index (χ4n) is 2.34. The zero-order valence-corrected chi connectivity index (χ0v) is 10.9. The Morgan fingerprint density at radius 2 is 2.18 bits per heavy atom. The molecule has 2 heteroatoms. The largest absolute Gasteiger partial charge is 0.487 e. The molecule has 1 heterocycles. The smallest absolute Gasteiger partial charge is 0.124 e. The van der Waals surface area contributed by atoms with Gasteiger partial charge in [-0.1, -0.05) is 24.3 Å². The normalized spacial score (nSPS) is 23.4. The molecule has 1 aliphatic heterocycles. The van der Waals surface area contributed by atoms with Crippen molar-refractivity contribution in [2.45, 2.75) is 44.9 Å². The quantitative estimate of drug-likeness (QED) is 0.804. The van der Waals surface area contributed by atoms with Gasteiger partial charge in [0.2, 0.25) is 0 Å².